The minimum atomic E-state index is -1.07. The summed E-state index contributed by atoms with van der Waals surface area (Å²) in [6.07, 6.45) is 3.31. The smallest absolute Gasteiger partial charge is 0.429 e. The molecule has 0 fully saturated rings. The van der Waals surface area contributed by atoms with Gasteiger partial charge < -0.3 is 31.2 Å². The fourth-order valence-corrected chi connectivity index (χ4v) is 5.34. The number of Topliss-reactive ketones (excluding diaryl/α,β-unsaturated/α-hetero) is 1. The van der Waals surface area contributed by atoms with Crippen molar-refractivity contribution in [3.05, 3.63) is 81.9 Å². The molecule has 1 heterocycles. The van der Waals surface area contributed by atoms with Gasteiger partial charge in [-0.2, -0.15) is 0 Å². The first kappa shape index (κ1) is 41.3. The highest BCUT2D eigenvalue weighted by Gasteiger charge is 2.29. The zero-order chi connectivity index (χ0) is 38.9. The third-order valence-corrected chi connectivity index (χ3v) is 8.20. The summed E-state index contributed by atoms with van der Waals surface area (Å²) in [5.74, 6) is -2.35. The standard InChI is InChI=1S/C36H44N6O11/c1-23(2)33(40-30(44)12-4-3-7-20-41-31(45)17-18-32(41)46)34(47)39-28(11-8-19-38-35(37)48)29(43)21-24-9-5-6-10-25(24)22-52-36(49)53-27-15-13-26(14-16-27)42(50)51/h5-6,9-10,13-18,23,28,33H,3-4,7-8,11-12,19-22H2,1-2H3,(H,39,47)(H,40,44)(H3,37,38,48)/t28-,33-/m0/s1. The molecular formula is C36H44N6O11. The number of amides is 6. The molecule has 0 saturated heterocycles. The number of ketones is 1. The van der Waals surface area contributed by atoms with Crippen molar-refractivity contribution in [2.45, 2.75) is 77.5 Å². The molecule has 284 valence electrons. The van der Waals surface area contributed by atoms with E-state index >= 15 is 0 Å². The highest BCUT2D eigenvalue weighted by atomic mass is 16.7. The number of unbranched alkanes of at least 4 members (excludes halogenated alkanes) is 2. The van der Waals surface area contributed by atoms with Crippen molar-refractivity contribution < 1.29 is 48.0 Å². The first-order valence-electron chi connectivity index (χ1n) is 17.1. The minimum Gasteiger partial charge on any atom is -0.429 e. The minimum absolute atomic E-state index is 0.0349. The van der Waals surface area contributed by atoms with Gasteiger partial charge in [0.25, 0.3) is 17.5 Å². The van der Waals surface area contributed by atoms with E-state index in [0.29, 0.717) is 36.8 Å². The molecule has 6 amide bonds. The molecule has 0 aliphatic carbocycles. The van der Waals surface area contributed by atoms with Crippen molar-refractivity contribution in [3.8, 4) is 5.75 Å². The predicted octanol–water partition coefficient (Wildman–Crippen LogP) is 2.98. The van der Waals surface area contributed by atoms with E-state index < -0.39 is 35.1 Å². The van der Waals surface area contributed by atoms with Crippen molar-refractivity contribution >= 4 is 47.3 Å². The number of nitro benzene ring substituents is 1. The summed E-state index contributed by atoms with van der Waals surface area (Å²) in [4.78, 5) is 98.3. The number of hydrogen-bond donors (Lipinski definition) is 4. The van der Waals surface area contributed by atoms with Gasteiger partial charge in [-0.05, 0) is 54.9 Å². The third-order valence-electron chi connectivity index (χ3n) is 8.20. The molecule has 5 N–H and O–H groups in total. The number of nitrogens with one attached hydrogen (secondary N) is 3. The summed E-state index contributed by atoms with van der Waals surface area (Å²) in [5.41, 5.74) is 5.99. The Morgan fingerprint density at radius 2 is 1.55 bits per heavy atom. The monoisotopic (exact) mass is 736 g/mol. The van der Waals surface area contributed by atoms with E-state index in [2.05, 4.69) is 16.0 Å². The summed E-state index contributed by atoms with van der Waals surface area (Å²) in [6.45, 7) is 3.64. The maximum Gasteiger partial charge on any atom is 0.514 e. The number of imide groups is 1. The normalized spacial score (nSPS) is 13.3. The number of nitrogens with zero attached hydrogens (tertiary/aromatic N) is 2. The Bertz CT molecular complexity index is 1670. The molecule has 0 bridgehead atoms. The lowest BCUT2D eigenvalue weighted by molar-refractivity contribution is -0.384. The van der Waals surface area contributed by atoms with E-state index in [-0.39, 0.29) is 79.8 Å². The molecule has 17 nitrogen and oxygen atoms in total. The van der Waals surface area contributed by atoms with Crippen molar-refractivity contribution in [1.82, 2.24) is 20.9 Å². The zero-order valence-electron chi connectivity index (χ0n) is 29.5. The van der Waals surface area contributed by atoms with Crippen LogP contribution in [-0.2, 0) is 41.7 Å². The quantitative estimate of drug-likeness (QED) is 0.0362. The lowest BCUT2D eigenvalue weighted by Gasteiger charge is -2.25. The van der Waals surface area contributed by atoms with Gasteiger partial charge in [0.1, 0.15) is 18.4 Å². The maximum atomic E-state index is 13.7. The van der Waals surface area contributed by atoms with Crippen LogP contribution in [0, 0.1) is 16.0 Å². The van der Waals surface area contributed by atoms with E-state index in [1.165, 1.54) is 36.4 Å². The van der Waals surface area contributed by atoms with Crippen LogP contribution < -0.4 is 26.4 Å². The number of rotatable bonds is 21. The molecular weight excluding hydrogens is 692 g/mol. The molecule has 1 aliphatic rings. The summed E-state index contributed by atoms with van der Waals surface area (Å²) in [7, 11) is 0. The summed E-state index contributed by atoms with van der Waals surface area (Å²) in [6, 6.07) is 8.83. The van der Waals surface area contributed by atoms with Crippen molar-refractivity contribution in [2.75, 3.05) is 13.1 Å². The predicted molar refractivity (Wildman–Crippen MR) is 189 cm³/mol. The first-order chi connectivity index (χ1) is 25.2. The van der Waals surface area contributed by atoms with Crippen molar-refractivity contribution in [1.29, 1.82) is 0 Å². The van der Waals surface area contributed by atoms with Crippen LogP contribution in [0.4, 0.5) is 15.3 Å². The molecule has 0 unspecified atom stereocenters. The van der Waals surface area contributed by atoms with Crippen LogP contribution in [0.15, 0.2) is 60.7 Å². The summed E-state index contributed by atoms with van der Waals surface area (Å²) in [5, 5.41) is 18.8. The van der Waals surface area contributed by atoms with Crippen LogP contribution in [0.5, 0.6) is 5.75 Å². The van der Waals surface area contributed by atoms with E-state index in [4.69, 9.17) is 15.2 Å². The highest BCUT2D eigenvalue weighted by molar-refractivity contribution is 6.12. The van der Waals surface area contributed by atoms with Gasteiger partial charge >= 0.3 is 12.2 Å². The van der Waals surface area contributed by atoms with E-state index in [1.807, 2.05) is 0 Å². The van der Waals surface area contributed by atoms with Crippen LogP contribution in [0.3, 0.4) is 0 Å². The SMILES string of the molecule is CC(C)[C@H](NC(=O)CCCCCN1C(=O)C=CC1=O)C(=O)N[C@@H](CCCNC(N)=O)C(=O)Cc1ccccc1COC(=O)Oc1ccc([N+](=O)[O-])cc1. The average Bonchev–Trinajstić information content (AvgIpc) is 3.43. The molecule has 2 aromatic carbocycles. The topological polar surface area (TPSA) is 246 Å². The number of non-ortho nitro benzene ring substituents is 1. The van der Waals surface area contributed by atoms with Crippen LogP contribution in [-0.4, -0.2) is 76.6 Å². The second kappa shape index (κ2) is 20.7. The second-order valence-electron chi connectivity index (χ2n) is 12.6. The fourth-order valence-electron chi connectivity index (χ4n) is 5.34. The molecule has 1 aliphatic heterocycles. The summed E-state index contributed by atoms with van der Waals surface area (Å²) >= 11 is 0. The van der Waals surface area contributed by atoms with Crippen LogP contribution in [0.25, 0.3) is 0 Å². The molecule has 0 radical (unpaired) electrons. The molecule has 2 atom stereocenters. The Kier molecular flexibility index (Phi) is 16.1. The fraction of sp³-hybridized carbons (Fsp3) is 0.417. The third kappa shape index (κ3) is 13.8. The number of ether oxygens (including phenoxy) is 2. The van der Waals surface area contributed by atoms with Crippen molar-refractivity contribution in [3.63, 3.8) is 0 Å². The van der Waals surface area contributed by atoms with Crippen molar-refractivity contribution in [2.24, 2.45) is 11.7 Å². The molecule has 2 aromatic rings. The molecule has 0 spiro atoms. The van der Waals surface area contributed by atoms with Gasteiger partial charge in [-0.25, -0.2) is 9.59 Å². The van der Waals surface area contributed by atoms with E-state index in [0.717, 1.165) is 4.90 Å². The number of primary amides is 1. The van der Waals surface area contributed by atoms with Gasteiger partial charge in [-0.15, -0.1) is 0 Å². The van der Waals surface area contributed by atoms with Gasteiger partial charge in [0.2, 0.25) is 11.8 Å². The number of hydrogen-bond acceptors (Lipinski definition) is 11. The number of carbonyl (C=O) groups is 7. The molecule has 53 heavy (non-hydrogen) atoms. The van der Waals surface area contributed by atoms with Gasteiger partial charge in [0.05, 0.1) is 11.0 Å². The van der Waals surface area contributed by atoms with Gasteiger partial charge in [0.15, 0.2) is 5.78 Å². The van der Waals surface area contributed by atoms with E-state index in [1.54, 1.807) is 38.1 Å². The number of nitro groups is 1. The molecule has 3 rings (SSSR count). The lowest BCUT2D eigenvalue weighted by Crippen LogP contribution is -2.54. The number of urea groups is 1. The molecule has 0 aromatic heterocycles. The largest absolute Gasteiger partial charge is 0.514 e. The van der Waals surface area contributed by atoms with E-state index in [9.17, 15) is 43.7 Å². The highest BCUT2D eigenvalue weighted by Crippen LogP contribution is 2.19. The number of benzene rings is 2. The Labute approximate surface area is 305 Å². The number of carbonyl (C=O) groups excluding carboxylic acids is 7. The first-order valence-corrected chi connectivity index (χ1v) is 17.1. The Hall–Kier alpha value is -6.13. The van der Waals surface area contributed by atoms with Crippen LogP contribution in [0.1, 0.15) is 63.5 Å². The Balaban J connectivity index is 1.59. The summed E-state index contributed by atoms with van der Waals surface area (Å²) < 4.78 is 10.3. The van der Waals surface area contributed by atoms with Gasteiger partial charge in [0, 0.05) is 50.2 Å². The van der Waals surface area contributed by atoms with Gasteiger partial charge in [-0.3, -0.25) is 39.0 Å². The van der Waals surface area contributed by atoms with Crippen LogP contribution >= 0.6 is 0 Å². The second-order valence-corrected chi connectivity index (χ2v) is 12.6. The molecule has 0 saturated carbocycles. The van der Waals surface area contributed by atoms with Gasteiger partial charge in [-0.1, -0.05) is 44.5 Å². The lowest BCUT2D eigenvalue weighted by atomic mass is 9.96. The Morgan fingerprint density at radius 1 is 0.887 bits per heavy atom. The Morgan fingerprint density at radius 3 is 2.17 bits per heavy atom. The number of nitrogens with two attached hydrogens (primary N) is 1. The maximum absolute atomic E-state index is 13.7. The average molecular weight is 737 g/mol. The zero-order valence-corrected chi connectivity index (χ0v) is 29.5. The van der Waals surface area contributed by atoms with Crippen LogP contribution in [0.2, 0.25) is 0 Å². The molecule has 17 heteroatoms.